The maximum absolute atomic E-state index is 9.01. The fourth-order valence-corrected chi connectivity index (χ4v) is 2.85. The average molecular weight is 302 g/mol. The minimum absolute atomic E-state index is 0.320. The van der Waals surface area contributed by atoms with Gasteiger partial charge < -0.3 is 0 Å². The SMILES string of the molecule is Cc1sc(-c2ccc(Cl)cc2)nc1-c1nn[nH]c1C#N. The van der Waals surface area contributed by atoms with Crippen LogP contribution in [0.3, 0.4) is 0 Å². The smallest absolute Gasteiger partial charge is 0.165 e. The van der Waals surface area contributed by atoms with Gasteiger partial charge in [0.2, 0.25) is 0 Å². The molecule has 0 fully saturated rings. The van der Waals surface area contributed by atoms with Crippen LogP contribution in [0.4, 0.5) is 0 Å². The second-order valence-electron chi connectivity index (χ2n) is 4.08. The molecule has 2 heterocycles. The molecule has 20 heavy (non-hydrogen) atoms. The molecule has 0 spiro atoms. The molecule has 3 aromatic rings. The van der Waals surface area contributed by atoms with Crippen LogP contribution in [0.5, 0.6) is 0 Å². The number of H-pyrrole nitrogens is 1. The third kappa shape index (κ3) is 2.18. The maximum atomic E-state index is 9.01. The van der Waals surface area contributed by atoms with Crippen molar-refractivity contribution >= 4 is 22.9 Å². The number of aryl methyl sites for hydroxylation is 1. The largest absolute Gasteiger partial charge is 0.247 e. The van der Waals surface area contributed by atoms with E-state index < -0.39 is 0 Å². The van der Waals surface area contributed by atoms with Gasteiger partial charge in [0.1, 0.15) is 22.5 Å². The third-order valence-electron chi connectivity index (χ3n) is 2.77. The molecule has 98 valence electrons. The van der Waals surface area contributed by atoms with E-state index in [2.05, 4.69) is 20.4 Å². The van der Waals surface area contributed by atoms with Crippen molar-refractivity contribution in [3.63, 3.8) is 0 Å². The number of halogens is 1. The van der Waals surface area contributed by atoms with Crippen LogP contribution in [0, 0.1) is 18.3 Å². The number of nitriles is 1. The highest BCUT2D eigenvalue weighted by atomic mass is 35.5. The number of benzene rings is 1. The molecule has 1 N–H and O–H groups in total. The van der Waals surface area contributed by atoms with E-state index in [1.807, 2.05) is 37.3 Å². The van der Waals surface area contributed by atoms with Crippen LogP contribution < -0.4 is 0 Å². The van der Waals surface area contributed by atoms with E-state index in [0.29, 0.717) is 22.1 Å². The lowest BCUT2D eigenvalue weighted by Crippen LogP contribution is -1.85. The Bertz CT molecular complexity index is 797. The molecular weight excluding hydrogens is 294 g/mol. The van der Waals surface area contributed by atoms with E-state index in [9.17, 15) is 0 Å². The minimum Gasteiger partial charge on any atom is -0.247 e. The van der Waals surface area contributed by atoms with Gasteiger partial charge in [-0.3, -0.25) is 0 Å². The Labute approximate surface area is 123 Å². The molecule has 0 bridgehead atoms. The van der Waals surface area contributed by atoms with Crippen molar-refractivity contribution in [3.8, 4) is 28.0 Å². The van der Waals surface area contributed by atoms with Gasteiger partial charge in [-0.05, 0) is 19.1 Å². The average Bonchev–Trinajstić information content (AvgIpc) is 3.05. The van der Waals surface area contributed by atoms with Gasteiger partial charge >= 0.3 is 0 Å². The highest BCUT2D eigenvalue weighted by Crippen LogP contribution is 2.33. The summed E-state index contributed by atoms with van der Waals surface area (Å²) in [6.45, 7) is 1.95. The Kier molecular flexibility index (Phi) is 3.22. The van der Waals surface area contributed by atoms with Crippen LogP contribution in [0.25, 0.3) is 22.0 Å². The number of hydrogen-bond donors (Lipinski definition) is 1. The van der Waals surface area contributed by atoms with Crippen LogP contribution >= 0.6 is 22.9 Å². The van der Waals surface area contributed by atoms with E-state index in [0.717, 1.165) is 15.4 Å². The molecule has 0 saturated heterocycles. The molecule has 0 saturated carbocycles. The molecule has 2 aromatic heterocycles. The number of nitrogens with zero attached hydrogens (tertiary/aromatic N) is 4. The lowest BCUT2D eigenvalue weighted by molar-refractivity contribution is 0.936. The van der Waals surface area contributed by atoms with Crippen LogP contribution in [-0.2, 0) is 0 Å². The lowest BCUT2D eigenvalue weighted by atomic mass is 10.2. The molecular formula is C13H8ClN5S. The number of nitrogens with one attached hydrogen (secondary N) is 1. The van der Waals surface area contributed by atoms with Crippen molar-refractivity contribution in [1.82, 2.24) is 20.4 Å². The molecule has 0 aliphatic rings. The molecule has 0 amide bonds. The molecule has 0 aliphatic heterocycles. The van der Waals surface area contributed by atoms with Gasteiger partial charge in [0.25, 0.3) is 0 Å². The standard InChI is InChI=1S/C13H8ClN5S/c1-7-11(12-10(6-15)17-19-18-12)16-13(20-7)8-2-4-9(14)5-3-8/h2-5H,1H3,(H,17,18,19). The number of hydrogen-bond acceptors (Lipinski definition) is 5. The zero-order valence-electron chi connectivity index (χ0n) is 10.4. The molecule has 1 aromatic carbocycles. The van der Waals surface area contributed by atoms with E-state index in [-0.39, 0.29) is 0 Å². The lowest BCUT2D eigenvalue weighted by Gasteiger charge is -1.95. The van der Waals surface area contributed by atoms with Gasteiger partial charge in [-0.2, -0.15) is 5.26 Å². The summed E-state index contributed by atoms with van der Waals surface area (Å²) in [6, 6.07) is 9.50. The summed E-state index contributed by atoms with van der Waals surface area (Å²) in [5, 5.41) is 20.7. The second-order valence-corrected chi connectivity index (χ2v) is 5.72. The number of rotatable bonds is 2. The molecule has 0 aliphatic carbocycles. The first-order valence-corrected chi connectivity index (χ1v) is 6.93. The number of aromatic nitrogens is 4. The molecule has 7 heteroatoms. The predicted octanol–water partition coefficient (Wildman–Crippen LogP) is 3.43. The fraction of sp³-hybridized carbons (Fsp3) is 0.0769. The first-order valence-electron chi connectivity index (χ1n) is 5.74. The summed E-state index contributed by atoms with van der Waals surface area (Å²) in [5.41, 5.74) is 2.48. The topological polar surface area (TPSA) is 78.2 Å². The highest BCUT2D eigenvalue weighted by molar-refractivity contribution is 7.15. The van der Waals surface area contributed by atoms with Crippen molar-refractivity contribution < 1.29 is 0 Å². The van der Waals surface area contributed by atoms with Crippen LogP contribution in [0.15, 0.2) is 24.3 Å². The van der Waals surface area contributed by atoms with Gasteiger partial charge in [0.15, 0.2) is 5.69 Å². The van der Waals surface area contributed by atoms with Crippen molar-refractivity contribution in [1.29, 1.82) is 5.26 Å². The van der Waals surface area contributed by atoms with Gasteiger partial charge in [-0.25, -0.2) is 10.1 Å². The van der Waals surface area contributed by atoms with E-state index >= 15 is 0 Å². The summed E-state index contributed by atoms with van der Waals surface area (Å²) in [7, 11) is 0. The van der Waals surface area contributed by atoms with Gasteiger partial charge in [-0.15, -0.1) is 16.4 Å². The Balaban J connectivity index is 2.08. The summed E-state index contributed by atoms with van der Waals surface area (Å²) in [6.07, 6.45) is 0. The summed E-state index contributed by atoms with van der Waals surface area (Å²) in [4.78, 5) is 5.55. The Morgan fingerprint density at radius 2 is 2.00 bits per heavy atom. The van der Waals surface area contributed by atoms with Crippen LogP contribution in [-0.4, -0.2) is 20.4 Å². The Hall–Kier alpha value is -2.23. The van der Waals surface area contributed by atoms with E-state index in [1.165, 1.54) is 0 Å². The minimum atomic E-state index is 0.320. The zero-order chi connectivity index (χ0) is 14.1. The first kappa shape index (κ1) is 12.8. The van der Waals surface area contributed by atoms with Gasteiger partial charge in [-0.1, -0.05) is 28.9 Å². The molecule has 3 rings (SSSR count). The maximum Gasteiger partial charge on any atom is 0.165 e. The quantitative estimate of drug-likeness (QED) is 0.786. The third-order valence-corrected chi connectivity index (χ3v) is 4.04. The normalized spacial score (nSPS) is 10.4. The first-order chi connectivity index (χ1) is 9.69. The van der Waals surface area contributed by atoms with Crippen molar-refractivity contribution in [2.24, 2.45) is 0 Å². The van der Waals surface area contributed by atoms with Crippen molar-refractivity contribution in [2.45, 2.75) is 6.92 Å². The van der Waals surface area contributed by atoms with E-state index in [1.54, 1.807) is 11.3 Å². The van der Waals surface area contributed by atoms with Crippen molar-refractivity contribution in [3.05, 3.63) is 39.9 Å². The zero-order valence-corrected chi connectivity index (χ0v) is 12.0. The number of aromatic amines is 1. The fourth-order valence-electron chi connectivity index (χ4n) is 1.80. The van der Waals surface area contributed by atoms with Crippen molar-refractivity contribution in [2.75, 3.05) is 0 Å². The monoisotopic (exact) mass is 301 g/mol. The molecule has 0 unspecified atom stereocenters. The predicted molar refractivity (Wildman–Crippen MR) is 77.4 cm³/mol. The Morgan fingerprint density at radius 3 is 2.70 bits per heavy atom. The summed E-state index contributed by atoms with van der Waals surface area (Å²) in [5.74, 6) is 0. The van der Waals surface area contributed by atoms with Gasteiger partial charge in [0, 0.05) is 15.5 Å². The number of thiazole rings is 1. The second kappa shape index (κ2) is 5.04. The summed E-state index contributed by atoms with van der Waals surface area (Å²) >= 11 is 7.43. The Morgan fingerprint density at radius 1 is 1.25 bits per heavy atom. The molecule has 0 atom stereocenters. The molecule has 5 nitrogen and oxygen atoms in total. The van der Waals surface area contributed by atoms with Gasteiger partial charge in [0.05, 0.1) is 0 Å². The molecule has 0 radical (unpaired) electrons. The highest BCUT2D eigenvalue weighted by Gasteiger charge is 2.17. The van der Waals surface area contributed by atoms with Crippen LogP contribution in [0.1, 0.15) is 10.6 Å². The van der Waals surface area contributed by atoms with E-state index in [4.69, 9.17) is 16.9 Å². The summed E-state index contributed by atoms with van der Waals surface area (Å²) < 4.78 is 0. The van der Waals surface area contributed by atoms with Crippen LogP contribution in [0.2, 0.25) is 5.02 Å².